The maximum atomic E-state index is 13.2. The first kappa shape index (κ1) is 20.1. The third kappa shape index (κ3) is 3.29. The average Bonchev–Trinajstić information content (AvgIpc) is 3.25. The second-order valence-electron chi connectivity index (χ2n) is 7.64. The van der Waals surface area contributed by atoms with Crippen molar-refractivity contribution in [3.63, 3.8) is 0 Å². The number of ketones is 1. The lowest BCUT2D eigenvalue weighted by molar-refractivity contribution is -0.125. The molecule has 32 heavy (non-hydrogen) atoms. The van der Waals surface area contributed by atoms with Crippen LogP contribution in [0.4, 0.5) is 5.69 Å². The quantitative estimate of drug-likeness (QED) is 0.447. The summed E-state index contributed by atoms with van der Waals surface area (Å²) in [5, 5.41) is 2.42. The Morgan fingerprint density at radius 2 is 1.94 bits per heavy atom. The number of benzene rings is 2. The van der Waals surface area contributed by atoms with Crippen LogP contribution in [0.3, 0.4) is 0 Å². The van der Waals surface area contributed by atoms with Gasteiger partial charge in [0.2, 0.25) is 0 Å². The SMILES string of the molecule is CC1Oc2ccc(C(=O)Cn3cnc4scc(-c5ccccc5)c4c3=O)cc2N(C)C1=O. The molecule has 2 aromatic carbocycles. The van der Waals surface area contributed by atoms with E-state index in [2.05, 4.69) is 4.98 Å². The molecular formula is C24H19N3O4S. The van der Waals surface area contributed by atoms with Gasteiger partial charge in [0.05, 0.1) is 23.9 Å². The van der Waals surface area contributed by atoms with Crippen LogP contribution in [0.1, 0.15) is 17.3 Å². The van der Waals surface area contributed by atoms with Gasteiger partial charge in [-0.2, -0.15) is 0 Å². The molecule has 1 aliphatic rings. The van der Waals surface area contributed by atoms with Gasteiger partial charge < -0.3 is 9.64 Å². The fourth-order valence-corrected chi connectivity index (χ4v) is 4.75. The molecule has 0 bridgehead atoms. The zero-order chi connectivity index (χ0) is 22.4. The smallest absolute Gasteiger partial charge is 0.267 e. The number of likely N-dealkylation sites (N-methyl/N-ethyl adjacent to an activating group) is 1. The number of amides is 1. The van der Waals surface area contributed by atoms with Crippen LogP contribution in [0.2, 0.25) is 0 Å². The zero-order valence-corrected chi connectivity index (χ0v) is 18.3. The van der Waals surface area contributed by atoms with Crippen molar-refractivity contribution in [1.29, 1.82) is 0 Å². The van der Waals surface area contributed by atoms with Gasteiger partial charge in [-0.25, -0.2) is 4.98 Å². The molecular weight excluding hydrogens is 426 g/mol. The van der Waals surface area contributed by atoms with Gasteiger partial charge in [-0.3, -0.25) is 19.0 Å². The van der Waals surface area contributed by atoms with Crippen LogP contribution in [0, 0.1) is 0 Å². The Morgan fingerprint density at radius 1 is 1.16 bits per heavy atom. The number of fused-ring (bicyclic) bond motifs is 2. The molecule has 0 N–H and O–H groups in total. The minimum Gasteiger partial charge on any atom is -0.479 e. The highest BCUT2D eigenvalue weighted by Gasteiger charge is 2.29. The van der Waals surface area contributed by atoms with Gasteiger partial charge in [0.15, 0.2) is 11.9 Å². The second kappa shape index (κ2) is 7.72. The van der Waals surface area contributed by atoms with Crippen LogP contribution < -0.4 is 15.2 Å². The number of carbonyl (C=O) groups is 2. The maximum absolute atomic E-state index is 13.2. The zero-order valence-electron chi connectivity index (χ0n) is 17.4. The molecule has 1 unspecified atom stereocenters. The summed E-state index contributed by atoms with van der Waals surface area (Å²) in [4.78, 5) is 45.0. The van der Waals surface area contributed by atoms with Crippen molar-refractivity contribution in [2.24, 2.45) is 0 Å². The van der Waals surface area contributed by atoms with Crippen molar-refractivity contribution in [3.8, 4) is 16.9 Å². The molecule has 0 saturated carbocycles. The predicted molar refractivity (Wildman–Crippen MR) is 124 cm³/mol. The van der Waals surface area contributed by atoms with Crippen LogP contribution in [-0.2, 0) is 11.3 Å². The molecule has 1 atom stereocenters. The molecule has 0 saturated heterocycles. The van der Waals surface area contributed by atoms with Crippen molar-refractivity contribution in [2.45, 2.75) is 19.6 Å². The topological polar surface area (TPSA) is 81.5 Å². The molecule has 5 rings (SSSR count). The fourth-order valence-electron chi connectivity index (χ4n) is 3.84. The molecule has 0 radical (unpaired) electrons. The third-order valence-electron chi connectivity index (χ3n) is 5.58. The fraction of sp³-hybridized carbons (Fsp3) is 0.167. The molecule has 8 heteroatoms. The summed E-state index contributed by atoms with van der Waals surface area (Å²) in [7, 11) is 1.65. The second-order valence-corrected chi connectivity index (χ2v) is 8.49. The van der Waals surface area contributed by atoms with Crippen LogP contribution in [-0.4, -0.2) is 34.4 Å². The Morgan fingerprint density at radius 3 is 2.72 bits per heavy atom. The highest BCUT2D eigenvalue weighted by molar-refractivity contribution is 7.17. The van der Waals surface area contributed by atoms with E-state index in [4.69, 9.17) is 4.74 Å². The van der Waals surface area contributed by atoms with Gasteiger partial charge in [-0.15, -0.1) is 11.3 Å². The number of ether oxygens (including phenoxy) is 1. The monoisotopic (exact) mass is 445 g/mol. The summed E-state index contributed by atoms with van der Waals surface area (Å²) >= 11 is 1.40. The van der Waals surface area contributed by atoms with Crippen molar-refractivity contribution >= 4 is 38.9 Å². The summed E-state index contributed by atoms with van der Waals surface area (Å²) < 4.78 is 6.94. The molecule has 160 valence electrons. The minimum absolute atomic E-state index is 0.153. The lowest BCUT2D eigenvalue weighted by atomic mass is 10.1. The summed E-state index contributed by atoms with van der Waals surface area (Å²) in [6.45, 7) is 1.53. The van der Waals surface area contributed by atoms with E-state index in [1.165, 1.54) is 27.1 Å². The van der Waals surface area contributed by atoms with E-state index < -0.39 is 6.10 Å². The van der Waals surface area contributed by atoms with Gasteiger partial charge in [0, 0.05) is 23.6 Å². The normalized spacial score (nSPS) is 15.5. The molecule has 4 aromatic rings. The van der Waals surface area contributed by atoms with Crippen LogP contribution in [0.5, 0.6) is 5.75 Å². The van der Waals surface area contributed by atoms with E-state index in [-0.39, 0.29) is 23.8 Å². The largest absolute Gasteiger partial charge is 0.479 e. The van der Waals surface area contributed by atoms with E-state index >= 15 is 0 Å². The number of carbonyl (C=O) groups excluding carboxylic acids is 2. The van der Waals surface area contributed by atoms with E-state index in [9.17, 15) is 14.4 Å². The predicted octanol–water partition coefficient (Wildman–Crippen LogP) is 3.75. The molecule has 1 amide bonds. The summed E-state index contributed by atoms with van der Waals surface area (Å²) in [5.41, 5.74) is 2.40. The number of anilines is 1. The van der Waals surface area contributed by atoms with Crippen molar-refractivity contribution < 1.29 is 14.3 Å². The molecule has 1 aliphatic heterocycles. The maximum Gasteiger partial charge on any atom is 0.267 e. The van der Waals surface area contributed by atoms with Gasteiger partial charge in [0.25, 0.3) is 11.5 Å². The van der Waals surface area contributed by atoms with Crippen LogP contribution in [0.25, 0.3) is 21.3 Å². The van der Waals surface area contributed by atoms with E-state index in [1.807, 2.05) is 35.7 Å². The Hall–Kier alpha value is -3.78. The highest BCUT2D eigenvalue weighted by atomic mass is 32.1. The standard InChI is InChI=1S/C24H19N3O4S/c1-14-23(29)26(2)18-10-16(8-9-20(18)31-14)19(28)11-27-13-25-22-21(24(27)30)17(12-32-22)15-6-4-3-5-7-15/h3-10,12-14H,11H2,1-2H3. The van der Waals surface area contributed by atoms with E-state index in [1.54, 1.807) is 32.2 Å². The number of Topliss-reactive ketones (excluding diaryl/α,β-unsaturated/α-hetero) is 1. The first-order valence-corrected chi connectivity index (χ1v) is 11.0. The Balaban J connectivity index is 1.49. The Labute approximate surface area is 187 Å². The molecule has 0 fully saturated rings. The van der Waals surface area contributed by atoms with E-state index in [0.717, 1.165) is 11.1 Å². The minimum atomic E-state index is -0.574. The molecule has 0 aliphatic carbocycles. The van der Waals surface area contributed by atoms with E-state index in [0.29, 0.717) is 27.2 Å². The first-order chi connectivity index (χ1) is 15.4. The highest BCUT2D eigenvalue weighted by Crippen LogP contribution is 2.34. The van der Waals surface area contributed by atoms with Gasteiger partial charge in [0.1, 0.15) is 10.6 Å². The van der Waals surface area contributed by atoms with Crippen molar-refractivity contribution in [3.05, 3.63) is 76.2 Å². The summed E-state index contributed by atoms with van der Waals surface area (Å²) in [6, 6.07) is 14.6. The molecule has 7 nitrogen and oxygen atoms in total. The Kier molecular flexibility index (Phi) is 4.86. The number of hydrogen-bond donors (Lipinski definition) is 0. The lowest BCUT2D eigenvalue weighted by Crippen LogP contribution is -2.42. The lowest BCUT2D eigenvalue weighted by Gasteiger charge is -2.30. The number of rotatable bonds is 4. The average molecular weight is 446 g/mol. The Bertz CT molecular complexity index is 1420. The van der Waals surface area contributed by atoms with Crippen LogP contribution in [0.15, 0.2) is 65.0 Å². The van der Waals surface area contributed by atoms with Gasteiger partial charge in [-0.1, -0.05) is 30.3 Å². The van der Waals surface area contributed by atoms with Crippen molar-refractivity contribution in [1.82, 2.24) is 9.55 Å². The van der Waals surface area contributed by atoms with Gasteiger partial charge >= 0.3 is 0 Å². The first-order valence-electron chi connectivity index (χ1n) is 10.1. The molecule has 0 spiro atoms. The van der Waals surface area contributed by atoms with Crippen molar-refractivity contribution in [2.75, 3.05) is 11.9 Å². The summed E-state index contributed by atoms with van der Waals surface area (Å²) in [6.07, 6.45) is 0.835. The molecule has 3 heterocycles. The molecule has 2 aromatic heterocycles. The van der Waals surface area contributed by atoms with Crippen LogP contribution >= 0.6 is 11.3 Å². The van der Waals surface area contributed by atoms with Gasteiger partial charge in [-0.05, 0) is 30.7 Å². The number of nitrogens with zero attached hydrogens (tertiary/aromatic N) is 3. The number of aromatic nitrogens is 2. The third-order valence-corrected chi connectivity index (χ3v) is 6.47. The summed E-state index contributed by atoms with van der Waals surface area (Å²) in [5.74, 6) is 0.105. The number of thiophene rings is 1. The number of hydrogen-bond acceptors (Lipinski definition) is 6.